The molecule has 0 radical (unpaired) electrons. The SMILES string of the molecule is O=C(Nc1ncccc1Cl)C1CCCCCCC1. The first-order valence-corrected chi connectivity index (χ1v) is 7.06. The van der Waals surface area contributed by atoms with Gasteiger partial charge in [-0.25, -0.2) is 4.98 Å². The number of carbonyl (C=O) groups excluding carboxylic acids is 1. The first kappa shape index (κ1) is 13.3. The van der Waals surface area contributed by atoms with E-state index in [9.17, 15) is 4.79 Å². The molecule has 1 aliphatic rings. The molecule has 0 atom stereocenters. The molecule has 18 heavy (non-hydrogen) atoms. The summed E-state index contributed by atoms with van der Waals surface area (Å²) in [6.07, 6.45) is 9.69. The van der Waals surface area contributed by atoms with E-state index in [1.165, 1.54) is 19.3 Å². The Morgan fingerprint density at radius 1 is 1.22 bits per heavy atom. The van der Waals surface area contributed by atoms with Gasteiger partial charge in [-0.3, -0.25) is 4.79 Å². The van der Waals surface area contributed by atoms with Gasteiger partial charge in [0.2, 0.25) is 5.91 Å². The average Bonchev–Trinajstić information content (AvgIpc) is 2.31. The molecular weight excluding hydrogens is 248 g/mol. The second-order valence-corrected chi connectivity index (χ2v) is 5.27. The molecule has 1 amide bonds. The third kappa shape index (κ3) is 3.70. The molecule has 0 saturated heterocycles. The van der Waals surface area contributed by atoms with Crippen LogP contribution in [0.15, 0.2) is 18.3 Å². The quantitative estimate of drug-likeness (QED) is 0.878. The Kier molecular flexibility index (Phi) is 5.00. The summed E-state index contributed by atoms with van der Waals surface area (Å²) in [4.78, 5) is 16.3. The summed E-state index contributed by atoms with van der Waals surface area (Å²) < 4.78 is 0. The van der Waals surface area contributed by atoms with Crippen LogP contribution in [0.3, 0.4) is 0 Å². The van der Waals surface area contributed by atoms with Gasteiger partial charge in [-0.1, -0.05) is 43.7 Å². The smallest absolute Gasteiger partial charge is 0.228 e. The summed E-state index contributed by atoms with van der Waals surface area (Å²) in [5, 5.41) is 3.34. The number of nitrogens with zero attached hydrogens (tertiary/aromatic N) is 1. The molecule has 1 heterocycles. The topological polar surface area (TPSA) is 42.0 Å². The summed E-state index contributed by atoms with van der Waals surface area (Å²) in [6.45, 7) is 0. The summed E-state index contributed by atoms with van der Waals surface area (Å²) in [6, 6.07) is 3.50. The summed E-state index contributed by atoms with van der Waals surface area (Å²) in [5.41, 5.74) is 0. The van der Waals surface area contributed by atoms with Gasteiger partial charge in [-0.2, -0.15) is 0 Å². The molecule has 0 spiro atoms. The number of hydrogen-bond acceptors (Lipinski definition) is 2. The van der Waals surface area contributed by atoms with Crippen LogP contribution in [0.4, 0.5) is 5.82 Å². The van der Waals surface area contributed by atoms with Gasteiger partial charge >= 0.3 is 0 Å². The highest BCUT2D eigenvalue weighted by Crippen LogP contribution is 2.24. The second-order valence-electron chi connectivity index (χ2n) is 4.87. The van der Waals surface area contributed by atoms with E-state index in [4.69, 9.17) is 11.6 Å². The zero-order valence-corrected chi connectivity index (χ0v) is 11.2. The number of nitrogens with one attached hydrogen (secondary N) is 1. The number of amides is 1. The van der Waals surface area contributed by atoms with Crippen LogP contribution in [0.1, 0.15) is 44.9 Å². The monoisotopic (exact) mass is 266 g/mol. The van der Waals surface area contributed by atoms with E-state index >= 15 is 0 Å². The molecule has 4 heteroatoms. The van der Waals surface area contributed by atoms with Crippen molar-refractivity contribution in [2.24, 2.45) is 5.92 Å². The van der Waals surface area contributed by atoms with Crippen LogP contribution < -0.4 is 5.32 Å². The van der Waals surface area contributed by atoms with E-state index in [1.54, 1.807) is 18.3 Å². The predicted octanol–water partition coefficient (Wildman–Crippen LogP) is 4.03. The molecule has 2 rings (SSSR count). The molecule has 0 unspecified atom stereocenters. The number of aromatic nitrogens is 1. The minimum atomic E-state index is 0.0671. The standard InChI is InChI=1S/C14H19ClN2O/c15-12-9-6-10-16-13(12)17-14(18)11-7-4-2-1-3-5-8-11/h6,9-11H,1-5,7-8H2,(H,16,17,18). The summed E-state index contributed by atoms with van der Waals surface area (Å²) in [7, 11) is 0. The van der Waals surface area contributed by atoms with E-state index in [2.05, 4.69) is 10.3 Å². The van der Waals surface area contributed by atoms with Gasteiger partial charge in [0.25, 0.3) is 0 Å². The minimum Gasteiger partial charge on any atom is -0.309 e. The first-order valence-electron chi connectivity index (χ1n) is 6.69. The van der Waals surface area contributed by atoms with Crippen LogP contribution in [0, 0.1) is 5.92 Å². The Morgan fingerprint density at radius 3 is 2.56 bits per heavy atom. The lowest BCUT2D eigenvalue weighted by Crippen LogP contribution is -2.24. The van der Waals surface area contributed by atoms with E-state index < -0.39 is 0 Å². The van der Waals surface area contributed by atoms with Crippen LogP contribution in [-0.2, 0) is 4.79 Å². The highest BCUT2D eigenvalue weighted by molar-refractivity contribution is 6.33. The van der Waals surface area contributed by atoms with E-state index in [1.807, 2.05) is 0 Å². The van der Waals surface area contributed by atoms with Crippen LogP contribution in [0.2, 0.25) is 5.02 Å². The molecule has 0 aliphatic heterocycles. The summed E-state index contributed by atoms with van der Waals surface area (Å²) >= 11 is 5.99. The summed E-state index contributed by atoms with van der Waals surface area (Å²) in [5.74, 6) is 0.659. The first-order chi connectivity index (χ1) is 8.77. The van der Waals surface area contributed by atoms with E-state index in [0.717, 1.165) is 25.7 Å². The molecule has 1 aromatic heterocycles. The van der Waals surface area contributed by atoms with Crippen molar-refractivity contribution in [1.29, 1.82) is 0 Å². The van der Waals surface area contributed by atoms with Gasteiger partial charge in [0.05, 0.1) is 5.02 Å². The number of halogens is 1. The normalized spacial score (nSPS) is 17.8. The zero-order valence-electron chi connectivity index (χ0n) is 10.5. The van der Waals surface area contributed by atoms with Crippen molar-refractivity contribution in [2.75, 3.05) is 5.32 Å². The largest absolute Gasteiger partial charge is 0.309 e. The molecule has 1 saturated carbocycles. The number of pyridine rings is 1. The van der Waals surface area contributed by atoms with Crippen LogP contribution in [-0.4, -0.2) is 10.9 Å². The van der Waals surface area contributed by atoms with Crippen molar-refractivity contribution in [2.45, 2.75) is 44.9 Å². The number of carbonyl (C=O) groups is 1. The maximum absolute atomic E-state index is 12.2. The van der Waals surface area contributed by atoms with Crippen molar-refractivity contribution in [3.05, 3.63) is 23.4 Å². The van der Waals surface area contributed by atoms with Gasteiger partial charge < -0.3 is 5.32 Å². The highest BCUT2D eigenvalue weighted by Gasteiger charge is 2.20. The van der Waals surface area contributed by atoms with Crippen molar-refractivity contribution in [1.82, 2.24) is 4.98 Å². The third-order valence-electron chi connectivity index (χ3n) is 3.48. The molecule has 98 valence electrons. The Hall–Kier alpha value is -1.09. The van der Waals surface area contributed by atoms with Gasteiger partial charge in [0.15, 0.2) is 5.82 Å². The number of rotatable bonds is 2. The molecule has 0 aromatic carbocycles. The van der Waals surface area contributed by atoms with Gasteiger partial charge in [-0.05, 0) is 25.0 Å². The Labute approximate surface area is 113 Å². The van der Waals surface area contributed by atoms with Gasteiger partial charge in [0.1, 0.15) is 0 Å². The fourth-order valence-electron chi connectivity index (χ4n) is 2.41. The molecule has 1 aromatic rings. The fraction of sp³-hybridized carbons (Fsp3) is 0.571. The van der Waals surface area contributed by atoms with Gasteiger partial charge in [0, 0.05) is 12.1 Å². The van der Waals surface area contributed by atoms with Crippen molar-refractivity contribution in [3.63, 3.8) is 0 Å². The van der Waals surface area contributed by atoms with Gasteiger partial charge in [-0.15, -0.1) is 0 Å². The Morgan fingerprint density at radius 2 is 1.89 bits per heavy atom. The number of hydrogen-bond donors (Lipinski definition) is 1. The molecule has 1 N–H and O–H groups in total. The number of anilines is 1. The lowest BCUT2D eigenvalue weighted by Gasteiger charge is -2.19. The average molecular weight is 267 g/mol. The predicted molar refractivity (Wildman–Crippen MR) is 73.7 cm³/mol. The van der Waals surface area contributed by atoms with E-state index in [-0.39, 0.29) is 11.8 Å². The molecule has 3 nitrogen and oxygen atoms in total. The van der Waals surface area contributed by atoms with Crippen LogP contribution in [0.5, 0.6) is 0 Å². The van der Waals surface area contributed by atoms with Crippen LogP contribution >= 0.6 is 11.6 Å². The Bertz CT molecular complexity index is 401. The molecule has 1 aliphatic carbocycles. The maximum Gasteiger partial charge on any atom is 0.228 e. The van der Waals surface area contributed by atoms with E-state index in [0.29, 0.717) is 10.8 Å². The van der Waals surface area contributed by atoms with Crippen LogP contribution in [0.25, 0.3) is 0 Å². The van der Waals surface area contributed by atoms with Crippen molar-refractivity contribution in [3.8, 4) is 0 Å². The molecule has 1 fully saturated rings. The lowest BCUT2D eigenvalue weighted by molar-refractivity contribution is -0.120. The molecular formula is C14H19ClN2O. The maximum atomic E-state index is 12.2. The van der Waals surface area contributed by atoms with Crippen molar-refractivity contribution < 1.29 is 4.79 Å². The lowest BCUT2D eigenvalue weighted by atomic mass is 9.90. The minimum absolute atomic E-state index is 0.0671. The third-order valence-corrected chi connectivity index (χ3v) is 3.78. The van der Waals surface area contributed by atoms with Crippen molar-refractivity contribution >= 4 is 23.3 Å². The Balaban J connectivity index is 1.96. The highest BCUT2D eigenvalue weighted by atomic mass is 35.5. The second kappa shape index (κ2) is 6.74. The zero-order chi connectivity index (χ0) is 12.8. The molecule has 0 bridgehead atoms. The fourth-order valence-corrected chi connectivity index (χ4v) is 2.58.